The monoisotopic (exact) mass is 399 g/mol. The van der Waals surface area contributed by atoms with Crippen LogP contribution < -0.4 is 5.73 Å². The summed E-state index contributed by atoms with van der Waals surface area (Å²) in [7, 11) is 1.69. The number of nitrogens with zero attached hydrogens (tertiary/aromatic N) is 2. The van der Waals surface area contributed by atoms with E-state index in [0.717, 1.165) is 47.8 Å². The molecule has 28 heavy (non-hydrogen) atoms. The zero-order valence-corrected chi connectivity index (χ0v) is 16.8. The van der Waals surface area contributed by atoms with Crippen molar-refractivity contribution in [1.82, 2.24) is 9.55 Å². The minimum Gasteiger partial charge on any atom is -0.382 e. The average molecular weight is 400 g/mol. The van der Waals surface area contributed by atoms with Crippen LogP contribution >= 0.6 is 11.3 Å². The van der Waals surface area contributed by atoms with E-state index in [4.69, 9.17) is 15.2 Å². The van der Waals surface area contributed by atoms with Crippen molar-refractivity contribution in [3.05, 3.63) is 40.8 Å². The summed E-state index contributed by atoms with van der Waals surface area (Å²) in [6.07, 6.45) is 6.44. The molecule has 4 rings (SSSR count). The van der Waals surface area contributed by atoms with Crippen LogP contribution in [0, 0.1) is 0 Å². The van der Waals surface area contributed by atoms with Crippen LogP contribution in [0.1, 0.15) is 42.1 Å². The third-order valence-electron chi connectivity index (χ3n) is 5.48. The van der Waals surface area contributed by atoms with E-state index in [1.165, 1.54) is 11.3 Å². The summed E-state index contributed by atoms with van der Waals surface area (Å²) in [4.78, 5) is 16.6. The predicted octanol–water partition coefficient (Wildman–Crippen LogP) is 4.01. The highest BCUT2D eigenvalue weighted by molar-refractivity contribution is 7.07. The molecule has 2 aromatic heterocycles. The van der Waals surface area contributed by atoms with Crippen molar-refractivity contribution in [3.63, 3.8) is 0 Å². The van der Waals surface area contributed by atoms with E-state index in [2.05, 4.69) is 27.9 Å². The Morgan fingerprint density at radius 1 is 1.29 bits per heavy atom. The van der Waals surface area contributed by atoms with Gasteiger partial charge in [-0.2, -0.15) is 0 Å². The van der Waals surface area contributed by atoms with Gasteiger partial charge in [0.25, 0.3) is 5.91 Å². The SMILES string of the molecule is COCCOC1CCC(n2ccc3cc(-c4cscn4)cc(C(N)=O)c32)CC1. The maximum atomic E-state index is 12.2. The molecular weight excluding hydrogens is 374 g/mol. The number of primary amides is 1. The first-order chi connectivity index (χ1) is 13.7. The van der Waals surface area contributed by atoms with Gasteiger partial charge < -0.3 is 19.8 Å². The van der Waals surface area contributed by atoms with E-state index >= 15 is 0 Å². The third kappa shape index (κ3) is 3.83. The van der Waals surface area contributed by atoms with Gasteiger partial charge in [0.05, 0.1) is 41.6 Å². The van der Waals surface area contributed by atoms with Crippen LogP contribution in [0.3, 0.4) is 0 Å². The topological polar surface area (TPSA) is 79.4 Å². The number of aromatic nitrogens is 2. The van der Waals surface area contributed by atoms with Crippen LogP contribution in [0.25, 0.3) is 22.2 Å². The molecule has 0 aliphatic heterocycles. The Bertz CT molecular complexity index is 943. The van der Waals surface area contributed by atoms with Crippen LogP contribution in [-0.2, 0) is 9.47 Å². The lowest BCUT2D eigenvalue weighted by Gasteiger charge is -2.30. The van der Waals surface area contributed by atoms with Gasteiger partial charge in [-0.25, -0.2) is 4.98 Å². The molecule has 0 atom stereocenters. The lowest BCUT2D eigenvalue weighted by molar-refractivity contribution is -0.00619. The van der Waals surface area contributed by atoms with Crippen molar-refractivity contribution in [1.29, 1.82) is 0 Å². The van der Waals surface area contributed by atoms with Crippen molar-refractivity contribution in [2.45, 2.75) is 37.8 Å². The number of methoxy groups -OCH3 is 1. The summed E-state index contributed by atoms with van der Waals surface area (Å²) in [5, 5.41) is 3.01. The Kier molecular flexibility index (Phi) is 5.75. The summed E-state index contributed by atoms with van der Waals surface area (Å²) >= 11 is 1.54. The number of carbonyl (C=O) groups is 1. The van der Waals surface area contributed by atoms with Crippen molar-refractivity contribution in [2.24, 2.45) is 5.73 Å². The summed E-state index contributed by atoms with van der Waals surface area (Å²) < 4.78 is 13.2. The maximum Gasteiger partial charge on any atom is 0.250 e. The number of rotatable bonds is 7. The molecule has 6 nitrogen and oxygen atoms in total. The molecule has 148 valence electrons. The number of carbonyl (C=O) groups excluding carboxylic acids is 1. The number of nitrogens with two attached hydrogens (primary N) is 1. The Morgan fingerprint density at radius 3 is 2.79 bits per heavy atom. The molecule has 0 saturated heterocycles. The number of fused-ring (bicyclic) bond motifs is 1. The maximum absolute atomic E-state index is 12.2. The fourth-order valence-electron chi connectivity index (χ4n) is 4.09. The van der Waals surface area contributed by atoms with Gasteiger partial charge in [-0.05, 0) is 43.9 Å². The van der Waals surface area contributed by atoms with Gasteiger partial charge in [-0.3, -0.25) is 4.79 Å². The fraction of sp³-hybridized carbons (Fsp3) is 0.429. The number of hydrogen-bond acceptors (Lipinski definition) is 5. The Balaban J connectivity index is 1.60. The number of benzene rings is 1. The van der Waals surface area contributed by atoms with Gasteiger partial charge in [-0.15, -0.1) is 11.3 Å². The highest BCUT2D eigenvalue weighted by atomic mass is 32.1. The zero-order chi connectivity index (χ0) is 19.5. The standard InChI is InChI=1S/C21H25N3O3S/c1-26-8-9-27-17-4-2-16(3-5-17)24-7-6-14-10-15(19-12-28-13-23-19)11-18(20(14)24)21(22)25/h6-7,10-13,16-17H,2-5,8-9H2,1H3,(H2,22,25). The highest BCUT2D eigenvalue weighted by Crippen LogP contribution is 2.35. The minimum absolute atomic E-state index is 0.292. The summed E-state index contributed by atoms with van der Waals surface area (Å²) in [5.41, 5.74) is 10.8. The van der Waals surface area contributed by atoms with Crippen LogP contribution in [-0.4, -0.2) is 41.9 Å². The molecule has 1 amide bonds. The molecule has 2 N–H and O–H groups in total. The van der Waals surface area contributed by atoms with Crippen molar-refractivity contribution in [2.75, 3.05) is 20.3 Å². The first-order valence-corrected chi connectivity index (χ1v) is 10.5. The number of ether oxygens (including phenoxy) is 2. The smallest absolute Gasteiger partial charge is 0.250 e. The second kappa shape index (κ2) is 8.43. The van der Waals surface area contributed by atoms with Crippen molar-refractivity contribution < 1.29 is 14.3 Å². The van der Waals surface area contributed by atoms with E-state index in [-0.39, 0.29) is 0 Å². The molecule has 1 fully saturated rings. The van der Waals surface area contributed by atoms with Crippen LogP contribution in [0.4, 0.5) is 0 Å². The molecule has 0 bridgehead atoms. The van der Waals surface area contributed by atoms with Gasteiger partial charge in [0, 0.05) is 35.7 Å². The molecule has 2 heterocycles. The largest absolute Gasteiger partial charge is 0.382 e. The van der Waals surface area contributed by atoms with Crippen LogP contribution in [0.15, 0.2) is 35.3 Å². The van der Waals surface area contributed by atoms with Crippen molar-refractivity contribution in [3.8, 4) is 11.3 Å². The van der Waals surface area contributed by atoms with E-state index in [0.29, 0.717) is 30.9 Å². The van der Waals surface area contributed by atoms with Gasteiger partial charge in [0.1, 0.15) is 0 Å². The highest BCUT2D eigenvalue weighted by Gasteiger charge is 2.25. The first kappa shape index (κ1) is 19.1. The molecular formula is C21H25N3O3S. The van der Waals surface area contributed by atoms with Crippen LogP contribution in [0.5, 0.6) is 0 Å². The summed E-state index contributed by atoms with van der Waals surface area (Å²) in [6, 6.07) is 6.38. The molecule has 1 aliphatic carbocycles. The molecule has 1 aromatic carbocycles. The zero-order valence-electron chi connectivity index (χ0n) is 16.0. The van der Waals surface area contributed by atoms with Gasteiger partial charge in [0.2, 0.25) is 0 Å². The molecule has 3 aromatic rings. The Labute approximate surface area is 168 Å². The molecule has 0 unspecified atom stereocenters. The molecule has 0 spiro atoms. The van der Waals surface area contributed by atoms with E-state index in [1.807, 2.05) is 11.4 Å². The Hall–Kier alpha value is -2.22. The quantitative estimate of drug-likeness (QED) is 0.609. The second-order valence-electron chi connectivity index (χ2n) is 7.22. The number of hydrogen-bond donors (Lipinski definition) is 1. The van der Waals surface area contributed by atoms with E-state index in [9.17, 15) is 4.79 Å². The van der Waals surface area contributed by atoms with Gasteiger partial charge in [-0.1, -0.05) is 0 Å². The third-order valence-corrected chi connectivity index (χ3v) is 6.07. The lowest BCUT2D eigenvalue weighted by atomic mass is 9.92. The first-order valence-electron chi connectivity index (χ1n) is 9.61. The minimum atomic E-state index is -0.404. The summed E-state index contributed by atoms with van der Waals surface area (Å²) in [6.45, 7) is 1.27. The normalized spacial score (nSPS) is 19.9. The predicted molar refractivity (Wildman–Crippen MR) is 111 cm³/mol. The van der Waals surface area contributed by atoms with Crippen molar-refractivity contribution >= 4 is 28.1 Å². The molecule has 7 heteroatoms. The van der Waals surface area contributed by atoms with E-state index < -0.39 is 5.91 Å². The molecule has 1 saturated carbocycles. The summed E-state index contributed by atoms with van der Waals surface area (Å²) in [5.74, 6) is -0.404. The van der Waals surface area contributed by atoms with E-state index in [1.54, 1.807) is 12.6 Å². The second-order valence-corrected chi connectivity index (χ2v) is 7.94. The number of amides is 1. The Morgan fingerprint density at radius 2 is 2.11 bits per heavy atom. The lowest BCUT2D eigenvalue weighted by Crippen LogP contribution is -2.25. The fourth-order valence-corrected chi connectivity index (χ4v) is 4.65. The van der Waals surface area contributed by atoms with Gasteiger partial charge in [0.15, 0.2) is 0 Å². The average Bonchev–Trinajstić information content (AvgIpc) is 3.38. The van der Waals surface area contributed by atoms with Crippen LogP contribution in [0.2, 0.25) is 0 Å². The number of thiazole rings is 1. The molecule has 1 aliphatic rings. The van der Waals surface area contributed by atoms with Gasteiger partial charge >= 0.3 is 0 Å². The molecule has 0 radical (unpaired) electrons.